The minimum Gasteiger partial charge on any atom is -0.497 e. The summed E-state index contributed by atoms with van der Waals surface area (Å²) in [5.41, 5.74) is 1.23. The number of methoxy groups -OCH3 is 2. The number of rotatable bonds is 9. The first-order valence-corrected chi connectivity index (χ1v) is 7.35. The Morgan fingerprint density at radius 3 is 2.33 bits per heavy atom. The first-order chi connectivity index (χ1) is 8.80. The molecule has 0 bridgehead atoms. The third-order valence-electron chi connectivity index (χ3n) is 2.63. The van der Waals surface area contributed by atoms with Crippen molar-refractivity contribution in [1.82, 2.24) is 4.72 Å². The summed E-state index contributed by atoms with van der Waals surface area (Å²) in [5, 5.41) is 0. The van der Waals surface area contributed by atoms with Crippen LogP contribution in [-0.2, 0) is 6.42 Å². The summed E-state index contributed by atoms with van der Waals surface area (Å²) in [6, 6.07) is 6.01. The van der Waals surface area contributed by atoms with Crippen molar-refractivity contribution in [3.63, 3.8) is 0 Å². The Kier molecular flexibility index (Phi) is 7.69. The highest BCUT2D eigenvalue weighted by Crippen LogP contribution is 2.22. The third-order valence-corrected chi connectivity index (χ3v) is 3.53. The standard InChI is InChI=1S/C14H23NO2S/c1-4-5-8-18-15-7-6-12-9-13(16-2)11-14(10-12)17-3/h9-11,15H,4-8H2,1-3H3. The summed E-state index contributed by atoms with van der Waals surface area (Å²) in [5.74, 6) is 2.88. The van der Waals surface area contributed by atoms with E-state index < -0.39 is 0 Å². The Hall–Kier alpha value is -0.870. The van der Waals surface area contributed by atoms with Crippen LogP contribution in [0.1, 0.15) is 25.3 Å². The van der Waals surface area contributed by atoms with Gasteiger partial charge in [-0.1, -0.05) is 25.3 Å². The molecule has 1 rings (SSSR count). The molecule has 1 aromatic carbocycles. The largest absolute Gasteiger partial charge is 0.497 e. The maximum Gasteiger partial charge on any atom is 0.122 e. The van der Waals surface area contributed by atoms with Crippen molar-refractivity contribution in [2.24, 2.45) is 0 Å². The second-order valence-corrected chi connectivity index (χ2v) is 5.05. The minimum atomic E-state index is 0.850. The van der Waals surface area contributed by atoms with Gasteiger partial charge in [0.05, 0.1) is 14.2 Å². The van der Waals surface area contributed by atoms with E-state index in [1.165, 1.54) is 24.2 Å². The third kappa shape index (κ3) is 5.65. The predicted molar refractivity (Wildman–Crippen MR) is 78.6 cm³/mol. The first-order valence-electron chi connectivity index (χ1n) is 6.36. The molecule has 1 N–H and O–H groups in total. The van der Waals surface area contributed by atoms with Crippen LogP contribution in [0.4, 0.5) is 0 Å². The highest BCUT2D eigenvalue weighted by molar-refractivity contribution is 7.97. The van der Waals surface area contributed by atoms with Gasteiger partial charge >= 0.3 is 0 Å². The average molecular weight is 269 g/mol. The van der Waals surface area contributed by atoms with Gasteiger partial charge in [0.1, 0.15) is 11.5 Å². The zero-order valence-corrected chi connectivity index (χ0v) is 12.3. The van der Waals surface area contributed by atoms with Crippen LogP contribution < -0.4 is 14.2 Å². The van der Waals surface area contributed by atoms with Gasteiger partial charge < -0.3 is 9.47 Å². The molecule has 0 saturated carbocycles. The summed E-state index contributed by atoms with van der Waals surface area (Å²) >= 11 is 1.80. The van der Waals surface area contributed by atoms with Gasteiger partial charge in [-0.15, -0.1) is 0 Å². The zero-order valence-electron chi connectivity index (χ0n) is 11.5. The van der Waals surface area contributed by atoms with Gasteiger partial charge in [0, 0.05) is 18.4 Å². The van der Waals surface area contributed by atoms with Crippen LogP contribution in [0.2, 0.25) is 0 Å². The van der Waals surface area contributed by atoms with Gasteiger partial charge in [0.25, 0.3) is 0 Å². The van der Waals surface area contributed by atoms with E-state index in [1.807, 2.05) is 6.07 Å². The molecule has 0 unspecified atom stereocenters. The second kappa shape index (κ2) is 9.11. The van der Waals surface area contributed by atoms with E-state index in [0.29, 0.717) is 0 Å². The molecule has 0 aromatic heterocycles. The highest BCUT2D eigenvalue weighted by Gasteiger charge is 2.01. The lowest BCUT2D eigenvalue weighted by atomic mass is 10.1. The molecule has 0 spiro atoms. The lowest BCUT2D eigenvalue weighted by Crippen LogP contribution is -2.09. The molecule has 0 amide bonds. The van der Waals surface area contributed by atoms with E-state index in [0.717, 1.165) is 24.5 Å². The summed E-state index contributed by atoms with van der Waals surface area (Å²) < 4.78 is 13.9. The van der Waals surface area contributed by atoms with Crippen molar-refractivity contribution in [2.45, 2.75) is 26.2 Å². The van der Waals surface area contributed by atoms with Crippen LogP contribution in [0.5, 0.6) is 11.5 Å². The monoisotopic (exact) mass is 269 g/mol. The van der Waals surface area contributed by atoms with Crippen LogP contribution in [0.15, 0.2) is 18.2 Å². The molecule has 3 nitrogen and oxygen atoms in total. The highest BCUT2D eigenvalue weighted by atomic mass is 32.2. The van der Waals surface area contributed by atoms with Gasteiger partial charge in [-0.3, -0.25) is 4.72 Å². The Morgan fingerprint density at radius 2 is 1.78 bits per heavy atom. The molecule has 0 aliphatic rings. The molecule has 18 heavy (non-hydrogen) atoms. The average Bonchev–Trinajstić information content (AvgIpc) is 2.42. The predicted octanol–water partition coefficient (Wildman–Crippen LogP) is 3.28. The molecule has 1 aromatic rings. The smallest absolute Gasteiger partial charge is 0.122 e. The van der Waals surface area contributed by atoms with Crippen LogP contribution in [0, 0.1) is 0 Å². The van der Waals surface area contributed by atoms with Crippen molar-refractivity contribution in [1.29, 1.82) is 0 Å². The maximum atomic E-state index is 5.25. The maximum absolute atomic E-state index is 5.25. The molecule has 0 heterocycles. The second-order valence-electron chi connectivity index (χ2n) is 4.07. The lowest BCUT2D eigenvalue weighted by molar-refractivity contribution is 0.393. The molecule has 4 heteroatoms. The molecule has 0 fully saturated rings. The number of nitrogens with one attached hydrogen (secondary N) is 1. The molecule has 0 saturated heterocycles. The van der Waals surface area contributed by atoms with Crippen molar-refractivity contribution in [2.75, 3.05) is 26.5 Å². The molecular formula is C14H23NO2S. The van der Waals surface area contributed by atoms with E-state index in [2.05, 4.69) is 23.8 Å². The van der Waals surface area contributed by atoms with Gasteiger partial charge in [-0.05, 0) is 30.5 Å². The Bertz CT molecular complexity index is 322. The molecule has 0 atom stereocenters. The minimum absolute atomic E-state index is 0.850. The molecule has 0 aliphatic carbocycles. The van der Waals surface area contributed by atoms with Crippen LogP contribution in [0.3, 0.4) is 0 Å². The topological polar surface area (TPSA) is 30.5 Å². The van der Waals surface area contributed by atoms with E-state index in [1.54, 1.807) is 26.2 Å². The number of benzene rings is 1. The first kappa shape index (κ1) is 15.2. The molecule has 0 aliphatic heterocycles. The fourth-order valence-corrected chi connectivity index (χ4v) is 2.39. The Balaban J connectivity index is 2.36. The number of hydrogen-bond acceptors (Lipinski definition) is 4. The number of unbranched alkanes of at least 4 members (excludes halogenated alkanes) is 1. The van der Waals surface area contributed by atoms with Crippen molar-refractivity contribution in [3.8, 4) is 11.5 Å². The van der Waals surface area contributed by atoms with E-state index >= 15 is 0 Å². The summed E-state index contributed by atoms with van der Waals surface area (Å²) in [4.78, 5) is 0. The van der Waals surface area contributed by atoms with Gasteiger partial charge in [-0.2, -0.15) is 0 Å². The quantitative estimate of drug-likeness (QED) is 0.550. The van der Waals surface area contributed by atoms with E-state index in [9.17, 15) is 0 Å². The van der Waals surface area contributed by atoms with Crippen molar-refractivity contribution < 1.29 is 9.47 Å². The summed E-state index contributed by atoms with van der Waals surface area (Å²) in [7, 11) is 3.36. The molecule has 102 valence electrons. The number of ether oxygens (including phenoxy) is 2. The lowest BCUT2D eigenvalue weighted by Gasteiger charge is -2.09. The van der Waals surface area contributed by atoms with E-state index in [-0.39, 0.29) is 0 Å². The Labute approximate surface area is 114 Å². The SMILES string of the molecule is CCCCSNCCc1cc(OC)cc(OC)c1. The van der Waals surface area contributed by atoms with Gasteiger partial charge in [0.15, 0.2) is 0 Å². The van der Waals surface area contributed by atoms with Gasteiger partial charge in [0.2, 0.25) is 0 Å². The summed E-state index contributed by atoms with van der Waals surface area (Å²) in [6.45, 7) is 3.17. The zero-order chi connectivity index (χ0) is 13.2. The molecule has 0 radical (unpaired) electrons. The fraction of sp³-hybridized carbons (Fsp3) is 0.571. The van der Waals surface area contributed by atoms with Gasteiger partial charge in [-0.25, -0.2) is 0 Å². The fourth-order valence-electron chi connectivity index (χ4n) is 1.57. The Morgan fingerprint density at radius 1 is 1.11 bits per heavy atom. The number of hydrogen-bond donors (Lipinski definition) is 1. The van der Waals surface area contributed by atoms with Crippen LogP contribution in [-0.4, -0.2) is 26.5 Å². The van der Waals surface area contributed by atoms with E-state index in [4.69, 9.17) is 9.47 Å². The van der Waals surface area contributed by atoms with Crippen molar-refractivity contribution in [3.05, 3.63) is 23.8 Å². The van der Waals surface area contributed by atoms with Crippen LogP contribution >= 0.6 is 11.9 Å². The van der Waals surface area contributed by atoms with Crippen LogP contribution in [0.25, 0.3) is 0 Å². The normalized spacial score (nSPS) is 10.4. The summed E-state index contributed by atoms with van der Waals surface area (Å²) in [6.07, 6.45) is 3.50. The van der Waals surface area contributed by atoms with Crippen molar-refractivity contribution >= 4 is 11.9 Å². The molecular weight excluding hydrogens is 246 g/mol.